The minimum atomic E-state index is -1.05. The van der Waals surface area contributed by atoms with E-state index in [0.29, 0.717) is 19.4 Å². The lowest BCUT2D eigenvalue weighted by Crippen LogP contribution is -2.53. The molecule has 0 radical (unpaired) electrons. The summed E-state index contributed by atoms with van der Waals surface area (Å²) in [4.78, 5) is 47.5. The van der Waals surface area contributed by atoms with Crippen LogP contribution in [0.1, 0.15) is 74.6 Å². The van der Waals surface area contributed by atoms with Crippen LogP contribution in [-0.2, 0) is 28.9 Å². The molecule has 2 aromatic heterocycles. The first-order chi connectivity index (χ1) is 19.0. The van der Waals surface area contributed by atoms with Gasteiger partial charge in [0.05, 0.1) is 6.42 Å². The number of aromatic nitrogens is 2. The van der Waals surface area contributed by atoms with E-state index in [1.165, 1.54) is 5.56 Å². The van der Waals surface area contributed by atoms with E-state index in [4.69, 9.17) is 4.98 Å². The molecule has 4 rings (SSSR count). The summed E-state index contributed by atoms with van der Waals surface area (Å²) >= 11 is 0. The Bertz CT molecular complexity index is 1110. The van der Waals surface area contributed by atoms with Crippen molar-refractivity contribution in [3.63, 3.8) is 0 Å². The molecule has 0 bridgehead atoms. The molecule has 0 aromatic carbocycles. The number of amides is 3. The van der Waals surface area contributed by atoms with Gasteiger partial charge in [0, 0.05) is 31.2 Å². The highest BCUT2D eigenvalue weighted by Gasteiger charge is 2.30. The number of nitrogens with zero attached hydrogens (tertiary/aromatic N) is 3. The van der Waals surface area contributed by atoms with E-state index in [-0.39, 0.29) is 12.3 Å². The fourth-order valence-corrected chi connectivity index (χ4v) is 5.29. The predicted molar refractivity (Wildman–Crippen MR) is 148 cm³/mol. The van der Waals surface area contributed by atoms with E-state index >= 15 is 0 Å². The van der Waals surface area contributed by atoms with E-state index in [0.717, 1.165) is 81.4 Å². The molecule has 210 valence electrons. The molecule has 4 N–H and O–H groups in total. The number of rotatable bonds is 13. The van der Waals surface area contributed by atoms with Crippen LogP contribution in [0.15, 0.2) is 36.7 Å². The zero-order chi connectivity index (χ0) is 27.5. The number of nitrogens with one attached hydrogen (secondary N) is 3. The average Bonchev–Trinajstić information content (AvgIpc) is 3.40. The smallest absolute Gasteiger partial charge is 0.326 e. The van der Waals surface area contributed by atoms with Gasteiger partial charge < -0.3 is 26.0 Å². The summed E-state index contributed by atoms with van der Waals surface area (Å²) < 4.78 is 0. The normalized spacial score (nSPS) is 17.1. The van der Waals surface area contributed by atoms with E-state index in [9.17, 15) is 19.5 Å². The number of aryl methyl sites for hydroxylation is 2. The van der Waals surface area contributed by atoms with Crippen molar-refractivity contribution in [1.29, 1.82) is 0 Å². The van der Waals surface area contributed by atoms with Crippen LogP contribution in [0.25, 0.3) is 0 Å². The Hall–Kier alpha value is -3.69. The zero-order valence-corrected chi connectivity index (χ0v) is 22.5. The van der Waals surface area contributed by atoms with Gasteiger partial charge in [-0.25, -0.2) is 14.6 Å². The first-order valence-electron chi connectivity index (χ1n) is 14.2. The van der Waals surface area contributed by atoms with Gasteiger partial charge >= 0.3 is 12.0 Å². The molecule has 0 aliphatic carbocycles. The highest BCUT2D eigenvalue weighted by atomic mass is 16.4. The van der Waals surface area contributed by atoms with Crippen molar-refractivity contribution < 1.29 is 19.5 Å². The van der Waals surface area contributed by atoms with Gasteiger partial charge in [-0.3, -0.25) is 9.78 Å². The minimum Gasteiger partial charge on any atom is -0.480 e. The summed E-state index contributed by atoms with van der Waals surface area (Å²) in [5.41, 5.74) is 3.28. The van der Waals surface area contributed by atoms with Crippen LogP contribution in [0.3, 0.4) is 0 Å². The lowest BCUT2D eigenvalue weighted by Gasteiger charge is -2.26. The van der Waals surface area contributed by atoms with Crippen LogP contribution >= 0.6 is 0 Å². The number of carboxylic acid groups (broad SMARTS) is 1. The van der Waals surface area contributed by atoms with Gasteiger partial charge in [0.15, 0.2) is 0 Å². The molecule has 4 heterocycles. The molecule has 10 heteroatoms. The Morgan fingerprint density at radius 1 is 1.05 bits per heavy atom. The summed E-state index contributed by atoms with van der Waals surface area (Å²) in [7, 11) is 0. The van der Waals surface area contributed by atoms with Gasteiger partial charge in [-0.1, -0.05) is 31.7 Å². The summed E-state index contributed by atoms with van der Waals surface area (Å²) in [6.07, 6.45) is 12.8. The van der Waals surface area contributed by atoms with Crippen molar-refractivity contribution in [2.75, 3.05) is 18.4 Å². The maximum absolute atomic E-state index is 12.8. The van der Waals surface area contributed by atoms with Crippen LogP contribution in [0.5, 0.6) is 0 Å². The molecule has 0 saturated carbocycles. The molecule has 2 atom stereocenters. The topological polar surface area (TPSA) is 137 Å². The summed E-state index contributed by atoms with van der Waals surface area (Å²) in [6, 6.07) is 6.39. The molecule has 2 aliphatic rings. The third-order valence-corrected chi connectivity index (χ3v) is 7.46. The minimum absolute atomic E-state index is 0.0714. The predicted octanol–water partition coefficient (Wildman–Crippen LogP) is 3.66. The van der Waals surface area contributed by atoms with Crippen molar-refractivity contribution >= 4 is 23.7 Å². The van der Waals surface area contributed by atoms with Crippen LogP contribution in [0.2, 0.25) is 0 Å². The molecular formula is C29H40N6O4. The van der Waals surface area contributed by atoms with Crippen LogP contribution in [0, 0.1) is 0 Å². The molecule has 2 unspecified atom stereocenters. The standard InChI is InChI=1S/C29H40N6O4/c36-26(20-21-14-17-30-18-15-21)35-19-7-11-25(35)34-29(39)33-24(28(37)38)10-5-3-1-2-4-9-23-13-12-22-8-6-16-31-27(22)32-23/h12-15,17-18,24-25H,1-11,16,19-20H2,(H,31,32)(H,37,38)(H2,33,34,39). The van der Waals surface area contributed by atoms with E-state index < -0.39 is 24.2 Å². The van der Waals surface area contributed by atoms with Gasteiger partial charge in [-0.2, -0.15) is 0 Å². The third-order valence-electron chi connectivity index (χ3n) is 7.46. The van der Waals surface area contributed by atoms with Crippen molar-refractivity contribution in [3.8, 4) is 0 Å². The number of fused-ring (bicyclic) bond motifs is 1. The van der Waals surface area contributed by atoms with E-state index in [2.05, 4.69) is 33.1 Å². The number of carbonyl (C=O) groups excluding carboxylic acids is 2. The van der Waals surface area contributed by atoms with Gasteiger partial charge in [-0.05, 0) is 74.3 Å². The molecule has 1 fully saturated rings. The Balaban J connectivity index is 1.12. The monoisotopic (exact) mass is 536 g/mol. The number of urea groups is 1. The van der Waals surface area contributed by atoms with Gasteiger partial charge in [0.1, 0.15) is 18.0 Å². The quantitative estimate of drug-likeness (QED) is 0.287. The fourth-order valence-electron chi connectivity index (χ4n) is 5.29. The number of carbonyl (C=O) groups is 3. The molecule has 2 aromatic rings. The van der Waals surface area contributed by atoms with Gasteiger partial charge in [0.25, 0.3) is 0 Å². The van der Waals surface area contributed by atoms with Crippen molar-refractivity contribution in [3.05, 3.63) is 53.5 Å². The Morgan fingerprint density at radius 2 is 1.85 bits per heavy atom. The Morgan fingerprint density at radius 3 is 2.67 bits per heavy atom. The highest BCUT2D eigenvalue weighted by molar-refractivity contribution is 5.83. The largest absolute Gasteiger partial charge is 0.480 e. The first kappa shape index (κ1) is 28.3. The lowest BCUT2D eigenvalue weighted by molar-refractivity contribution is -0.139. The maximum atomic E-state index is 12.8. The molecule has 39 heavy (non-hydrogen) atoms. The number of hydrogen-bond acceptors (Lipinski definition) is 6. The van der Waals surface area contributed by atoms with E-state index in [1.54, 1.807) is 29.4 Å². The second kappa shape index (κ2) is 14.5. The fraction of sp³-hybridized carbons (Fsp3) is 0.552. The van der Waals surface area contributed by atoms with E-state index in [1.807, 2.05) is 0 Å². The third kappa shape index (κ3) is 8.66. The highest BCUT2D eigenvalue weighted by Crippen LogP contribution is 2.21. The van der Waals surface area contributed by atoms with Crippen LogP contribution in [0.4, 0.5) is 10.6 Å². The molecule has 0 spiro atoms. The zero-order valence-electron chi connectivity index (χ0n) is 22.5. The number of likely N-dealkylation sites (tertiary alicyclic amines) is 1. The van der Waals surface area contributed by atoms with Crippen molar-refractivity contribution in [2.24, 2.45) is 0 Å². The lowest BCUT2D eigenvalue weighted by atomic mass is 10.0. The Kier molecular flexibility index (Phi) is 10.5. The Labute approximate surface area is 230 Å². The summed E-state index contributed by atoms with van der Waals surface area (Å²) in [6.45, 7) is 1.56. The number of pyridine rings is 2. The number of unbranched alkanes of at least 4 members (excludes halogenated alkanes) is 4. The molecule has 3 amide bonds. The van der Waals surface area contributed by atoms with Crippen molar-refractivity contribution in [1.82, 2.24) is 25.5 Å². The first-order valence-corrected chi connectivity index (χ1v) is 14.2. The second-order valence-corrected chi connectivity index (χ2v) is 10.4. The van der Waals surface area contributed by atoms with Gasteiger partial charge in [-0.15, -0.1) is 0 Å². The molecule has 10 nitrogen and oxygen atoms in total. The summed E-state index contributed by atoms with van der Waals surface area (Å²) in [5, 5.41) is 18.4. The van der Waals surface area contributed by atoms with Crippen LogP contribution < -0.4 is 16.0 Å². The van der Waals surface area contributed by atoms with Crippen LogP contribution in [-0.4, -0.2) is 63.2 Å². The van der Waals surface area contributed by atoms with Gasteiger partial charge in [0.2, 0.25) is 5.91 Å². The maximum Gasteiger partial charge on any atom is 0.326 e. The number of carboxylic acids is 1. The summed E-state index contributed by atoms with van der Waals surface area (Å²) in [5.74, 6) is -0.0840. The average molecular weight is 537 g/mol. The molecular weight excluding hydrogens is 496 g/mol. The number of anilines is 1. The second-order valence-electron chi connectivity index (χ2n) is 10.4. The molecule has 1 saturated heterocycles. The number of hydrogen-bond donors (Lipinski definition) is 4. The number of aliphatic carboxylic acids is 1. The SMILES string of the molecule is O=C(NC(CCCCCCCc1ccc2c(n1)NCCC2)C(=O)O)NC1CCCN1C(=O)Cc1ccncc1. The molecule has 2 aliphatic heterocycles. The van der Waals surface area contributed by atoms with Crippen molar-refractivity contribution in [2.45, 2.75) is 89.3 Å².